The molecule has 1 aliphatic heterocycles. The van der Waals surface area contributed by atoms with E-state index in [4.69, 9.17) is 0 Å². The summed E-state index contributed by atoms with van der Waals surface area (Å²) in [5.41, 5.74) is 2.99. The quantitative estimate of drug-likeness (QED) is 0.822. The van der Waals surface area contributed by atoms with Crippen LogP contribution in [-0.4, -0.2) is 5.91 Å². The maximum Gasteiger partial charge on any atom is 0.234 e. The third-order valence-electron chi connectivity index (χ3n) is 4.40. The van der Waals surface area contributed by atoms with E-state index in [2.05, 4.69) is 40.3 Å². The van der Waals surface area contributed by atoms with E-state index in [1.807, 2.05) is 19.9 Å². The molecule has 1 fully saturated rings. The first kappa shape index (κ1) is 12.2. The van der Waals surface area contributed by atoms with Gasteiger partial charge in [0.1, 0.15) is 0 Å². The molecule has 0 saturated heterocycles. The van der Waals surface area contributed by atoms with Crippen LogP contribution in [0.3, 0.4) is 0 Å². The molecule has 3 heteroatoms. The van der Waals surface area contributed by atoms with Gasteiger partial charge in [-0.15, -0.1) is 0 Å². The average Bonchev–Trinajstić information content (AvgIpc) is 3.00. The molecule has 1 amide bonds. The lowest BCUT2D eigenvalue weighted by atomic mass is 9.85. The van der Waals surface area contributed by atoms with Crippen LogP contribution in [0.15, 0.2) is 18.2 Å². The fourth-order valence-corrected chi connectivity index (χ4v) is 3.79. The van der Waals surface area contributed by atoms with Gasteiger partial charge in [-0.1, -0.05) is 35.0 Å². The van der Waals surface area contributed by atoms with Gasteiger partial charge in [-0.05, 0) is 49.3 Å². The molecule has 1 aromatic carbocycles. The van der Waals surface area contributed by atoms with Crippen molar-refractivity contribution in [3.63, 3.8) is 0 Å². The molecule has 3 atom stereocenters. The first-order valence-electron chi connectivity index (χ1n) is 6.51. The first-order chi connectivity index (χ1) is 8.41. The molecule has 1 heterocycles. The Balaban J connectivity index is 1.97. The highest BCUT2D eigenvalue weighted by Gasteiger charge is 2.41. The van der Waals surface area contributed by atoms with Crippen LogP contribution in [0.5, 0.6) is 0 Å². The number of halogens is 1. The summed E-state index contributed by atoms with van der Waals surface area (Å²) in [4.78, 5) is 12.3. The molecule has 0 bridgehead atoms. The molecule has 96 valence electrons. The zero-order valence-corrected chi connectivity index (χ0v) is 12.5. The number of anilines is 1. The molecule has 1 saturated carbocycles. The largest absolute Gasteiger partial charge is 0.325 e. The Hall–Kier alpha value is -0.830. The van der Waals surface area contributed by atoms with Crippen LogP contribution in [0.25, 0.3) is 0 Å². The van der Waals surface area contributed by atoms with Crippen LogP contribution < -0.4 is 5.32 Å². The minimum absolute atomic E-state index is 0.0977. The fraction of sp³-hybridized carbons (Fsp3) is 0.533. The highest BCUT2D eigenvalue weighted by molar-refractivity contribution is 9.09. The lowest BCUT2D eigenvalue weighted by molar-refractivity contribution is -0.119. The summed E-state index contributed by atoms with van der Waals surface area (Å²) in [5, 5.41) is 2.95. The molecule has 18 heavy (non-hydrogen) atoms. The fourth-order valence-electron chi connectivity index (χ4n) is 2.77. The molecule has 0 spiro atoms. The van der Waals surface area contributed by atoms with Crippen LogP contribution in [0.2, 0.25) is 0 Å². The lowest BCUT2D eigenvalue weighted by Gasteiger charge is -2.17. The minimum atomic E-state index is -0.409. The van der Waals surface area contributed by atoms with E-state index in [1.165, 1.54) is 12.0 Å². The summed E-state index contributed by atoms with van der Waals surface area (Å²) in [6.07, 6.45) is 1.30. The minimum Gasteiger partial charge on any atom is -0.325 e. The van der Waals surface area contributed by atoms with Crippen molar-refractivity contribution in [1.29, 1.82) is 0 Å². The summed E-state index contributed by atoms with van der Waals surface area (Å²) in [6, 6.07) is 6.36. The van der Waals surface area contributed by atoms with Gasteiger partial charge in [0.05, 0.1) is 5.41 Å². The zero-order valence-electron chi connectivity index (χ0n) is 11.0. The Kier molecular flexibility index (Phi) is 2.60. The molecule has 1 aliphatic carbocycles. The van der Waals surface area contributed by atoms with Crippen LogP contribution in [0, 0.1) is 11.8 Å². The molecular formula is C15H18BrNO. The van der Waals surface area contributed by atoms with Gasteiger partial charge in [-0.2, -0.15) is 0 Å². The summed E-state index contributed by atoms with van der Waals surface area (Å²) in [7, 11) is 0. The molecular weight excluding hydrogens is 290 g/mol. The van der Waals surface area contributed by atoms with E-state index in [9.17, 15) is 4.79 Å². The highest BCUT2D eigenvalue weighted by atomic mass is 79.9. The van der Waals surface area contributed by atoms with Crippen molar-refractivity contribution >= 4 is 27.5 Å². The van der Waals surface area contributed by atoms with Gasteiger partial charge in [0.25, 0.3) is 0 Å². The standard InChI is InChI=1S/C15H18BrNO/c1-8-6-10(8)13(16)9-4-5-12-11(7-9)15(2,3)14(18)17-12/h4-5,7-8,10,13H,6H2,1-3H3,(H,17,18). The number of carbonyl (C=O) groups excluding carboxylic acids is 1. The van der Waals surface area contributed by atoms with Gasteiger partial charge in [-0.25, -0.2) is 0 Å². The molecule has 1 aromatic rings. The molecule has 0 radical (unpaired) electrons. The molecule has 2 nitrogen and oxygen atoms in total. The van der Waals surface area contributed by atoms with Gasteiger partial charge in [0.15, 0.2) is 0 Å². The lowest BCUT2D eigenvalue weighted by Crippen LogP contribution is -2.26. The van der Waals surface area contributed by atoms with E-state index in [0.29, 0.717) is 4.83 Å². The van der Waals surface area contributed by atoms with E-state index in [1.54, 1.807) is 0 Å². The second-order valence-electron chi connectivity index (χ2n) is 6.16. The predicted octanol–water partition coefficient (Wildman–Crippen LogP) is 4.01. The summed E-state index contributed by atoms with van der Waals surface area (Å²) >= 11 is 3.81. The Morgan fingerprint density at radius 1 is 1.44 bits per heavy atom. The number of rotatable bonds is 2. The van der Waals surface area contributed by atoms with Crippen LogP contribution in [0.4, 0.5) is 5.69 Å². The van der Waals surface area contributed by atoms with Crippen molar-refractivity contribution in [3.8, 4) is 0 Å². The van der Waals surface area contributed by atoms with Crippen LogP contribution in [0.1, 0.15) is 43.1 Å². The van der Waals surface area contributed by atoms with Gasteiger partial charge in [0.2, 0.25) is 5.91 Å². The number of hydrogen-bond acceptors (Lipinski definition) is 1. The maximum absolute atomic E-state index is 11.9. The van der Waals surface area contributed by atoms with Crippen molar-refractivity contribution < 1.29 is 4.79 Å². The smallest absolute Gasteiger partial charge is 0.234 e. The third kappa shape index (κ3) is 1.71. The van der Waals surface area contributed by atoms with Crippen LogP contribution >= 0.6 is 15.9 Å². The van der Waals surface area contributed by atoms with Crippen molar-refractivity contribution in [2.45, 2.75) is 37.4 Å². The Morgan fingerprint density at radius 2 is 2.11 bits per heavy atom. The molecule has 1 N–H and O–H groups in total. The highest BCUT2D eigenvalue weighted by Crippen LogP contribution is 2.52. The van der Waals surface area contributed by atoms with E-state index in [-0.39, 0.29) is 5.91 Å². The van der Waals surface area contributed by atoms with Crippen molar-refractivity contribution in [2.75, 3.05) is 5.32 Å². The van der Waals surface area contributed by atoms with Gasteiger partial charge >= 0.3 is 0 Å². The number of alkyl halides is 1. The second-order valence-corrected chi connectivity index (χ2v) is 7.15. The first-order valence-corrected chi connectivity index (χ1v) is 7.43. The molecule has 2 aliphatic rings. The Morgan fingerprint density at radius 3 is 2.72 bits per heavy atom. The zero-order chi connectivity index (χ0) is 13.1. The summed E-state index contributed by atoms with van der Waals surface area (Å²) < 4.78 is 0. The number of fused-ring (bicyclic) bond motifs is 1. The summed E-state index contributed by atoms with van der Waals surface area (Å²) in [6.45, 7) is 6.27. The van der Waals surface area contributed by atoms with Crippen molar-refractivity contribution in [2.24, 2.45) is 11.8 Å². The molecule has 0 aromatic heterocycles. The van der Waals surface area contributed by atoms with Crippen molar-refractivity contribution in [1.82, 2.24) is 0 Å². The van der Waals surface area contributed by atoms with Crippen molar-refractivity contribution in [3.05, 3.63) is 29.3 Å². The Bertz CT molecular complexity index is 523. The number of hydrogen-bond donors (Lipinski definition) is 1. The second kappa shape index (κ2) is 3.83. The Labute approximate surface area is 116 Å². The number of nitrogens with one attached hydrogen (secondary N) is 1. The van der Waals surface area contributed by atoms with Gasteiger partial charge < -0.3 is 5.32 Å². The SMILES string of the molecule is CC1CC1C(Br)c1ccc2c(c1)C(C)(C)C(=O)N2. The third-order valence-corrected chi connectivity index (χ3v) is 5.61. The number of carbonyl (C=O) groups is 1. The van der Waals surface area contributed by atoms with E-state index >= 15 is 0 Å². The van der Waals surface area contributed by atoms with E-state index in [0.717, 1.165) is 23.1 Å². The van der Waals surface area contributed by atoms with Crippen LogP contribution in [-0.2, 0) is 10.2 Å². The normalized spacial score (nSPS) is 29.7. The molecule has 3 rings (SSSR count). The molecule has 3 unspecified atom stereocenters. The predicted molar refractivity (Wildman–Crippen MR) is 77.0 cm³/mol. The summed E-state index contributed by atoms with van der Waals surface area (Å²) in [5.74, 6) is 1.66. The number of benzene rings is 1. The van der Waals surface area contributed by atoms with E-state index < -0.39 is 5.41 Å². The van der Waals surface area contributed by atoms with Gasteiger partial charge in [-0.3, -0.25) is 4.79 Å². The maximum atomic E-state index is 11.9. The monoisotopic (exact) mass is 307 g/mol. The average molecular weight is 308 g/mol. The number of amides is 1. The topological polar surface area (TPSA) is 29.1 Å². The van der Waals surface area contributed by atoms with Gasteiger partial charge in [0, 0.05) is 10.5 Å².